The van der Waals surface area contributed by atoms with Crippen LogP contribution in [-0.2, 0) is 14.3 Å². The van der Waals surface area contributed by atoms with Crippen molar-refractivity contribution in [3.8, 4) is 16.9 Å². The summed E-state index contributed by atoms with van der Waals surface area (Å²) in [5.41, 5.74) is 7.08. The molecule has 2 aromatic rings. The summed E-state index contributed by atoms with van der Waals surface area (Å²) < 4.78 is 10.1. The van der Waals surface area contributed by atoms with E-state index in [9.17, 15) is 19.2 Å². The highest BCUT2D eigenvalue weighted by molar-refractivity contribution is 5.97. The number of nitrogens with one attached hydrogen (secondary N) is 1. The van der Waals surface area contributed by atoms with Crippen molar-refractivity contribution in [3.63, 3.8) is 0 Å². The van der Waals surface area contributed by atoms with Gasteiger partial charge in [0.1, 0.15) is 25.0 Å². The minimum atomic E-state index is -1.38. The highest BCUT2D eigenvalue weighted by Crippen LogP contribution is 2.26. The number of hydrogen-bond acceptors (Lipinski definition) is 6. The van der Waals surface area contributed by atoms with Crippen LogP contribution in [0, 0.1) is 0 Å². The van der Waals surface area contributed by atoms with Crippen LogP contribution in [0.25, 0.3) is 11.1 Å². The predicted octanol–water partition coefficient (Wildman–Crippen LogP) is 2.16. The molecule has 2 aromatic carbocycles. The second-order valence-corrected chi connectivity index (χ2v) is 6.38. The van der Waals surface area contributed by atoms with E-state index in [0.717, 1.165) is 11.1 Å². The number of Topliss-reactive ketones (excluding diaryl/α,β-unsaturated/α-hetero) is 1. The summed E-state index contributed by atoms with van der Waals surface area (Å²) in [6.07, 6.45) is -0.313. The van der Waals surface area contributed by atoms with E-state index >= 15 is 0 Å². The van der Waals surface area contributed by atoms with Crippen LogP contribution in [-0.4, -0.2) is 48.1 Å². The Hall–Kier alpha value is -4.14. The average Bonchev–Trinajstić information content (AvgIpc) is 2.75. The van der Waals surface area contributed by atoms with Crippen LogP contribution in [0.4, 0.5) is 4.79 Å². The van der Waals surface area contributed by atoms with Gasteiger partial charge in [0.15, 0.2) is 5.78 Å². The summed E-state index contributed by atoms with van der Waals surface area (Å²) in [5.74, 6) is -2.72. The van der Waals surface area contributed by atoms with E-state index < -0.39 is 42.8 Å². The van der Waals surface area contributed by atoms with Gasteiger partial charge in [-0.05, 0) is 23.3 Å². The van der Waals surface area contributed by atoms with Crippen LogP contribution < -0.4 is 15.8 Å². The maximum absolute atomic E-state index is 12.4. The Kier molecular flexibility index (Phi) is 8.32. The Morgan fingerprint density at radius 3 is 2.42 bits per heavy atom. The number of carbonyl (C=O) groups excluding carboxylic acids is 3. The molecule has 162 valence electrons. The normalized spacial score (nSPS) is 11.1. The fourth-order valence-electron chi connectivity index (χ4n) is 2.65. The van der Waals surface area contributed by atoms with Crippen LogP contribution in [0.3, 0.4) is 0 Å². The Morgan fingerprint density at radius 1 is 1.10 bits per heavy atom. The molecule has 1 unspecified atom stereocenters. The van der Waals surface area contributed by atoms with Crippen LogP contribution in [0.5, 0.6) is 5.75 Å². The van der Waals surface area contributed by atoms with E-state index in [1.54, 1.807) is 6.07 Å². The zero-order chi connectivity index (χ0) is 22.8. The standard InChI is InChI=1S/C22H22N2O7/c1-2-10-30-22(29)24-17(12-20(26)27)18(25)13-31-19-9-8-15(11-16(19)21(23)28)14-6-4-3-5-7-14/h2-9,11,17H,1,10,12-13H2,(H2,23,28)(H,24,29)(H,26,27). The first-order valence-electron chi connectivity index (χ1n) is 9.22. The molecule has 0 aliphatic carbocycles. The van der Waals surface area contributed by atoms with Crippen molar-refractivity contribution in [2.75, 3.05) is 13.2 Å². The molecule has 0 bridgehead atoms. The quantitative estimate of drug-likeness (QED) is 0.467. The number of carboxylic acid groups (broad SMARTS) is 1. The lowest BCUT2D eigenvalue weighted by molar-refractivity contribution is -0.139. The van der Waals surface area contributed by atoms with Crippen molar-refractivity contribution in [3.05, 3.63) is 66.7 Å². The molecule has 0 radical (unpaired) electrons. The van der Waals surface area contributed by atoms with Gasteiger partial charge in [0.25, 0.3) is 5.91 Å². The first-order valence-corrected chi connectivity index (χ1v) is 9.22. The van der Waals surface area contributed by atoms with E-state index in [-0.39, 0.29) is 17.9 Å². The third kappa shape index (κ3) is 7.00. The van der Waals surface area contributed by atoms with E-state index in [0.29, 0.717) is 0 Å². The number of rotatable bonds is 11. The van der Waals surface area contributed by atoms with Gasteiger partial charge in [-0.15, -0.1) is 0 Å². The second-order valence-electron chi connectivity index (χ2n) is 6.38. The summed E-state index contributed by atoms with van der Waals surface area (Å²) in [5, 5.41) is 11.2. The Labute approximate surface area is 178 Å². The van der Waals surface area contributed by atoms with Crippen molar-refractivity contribution in [2.24, 2.45) is 5.73 Å². The highest BCUT2D eigenvalue weighted by Gasteiger charge is 2.25. The van der Waals surface area contributed by atoms with Gasteiger partial charge in [-0.2, -0.15) is 0 Å². The van der Waals surface area contributed by atoms with Gasteiger partial charge in [0, 0.05) is 0 Å². The maximum atomic E-state index is 12.4. The van der Waals surface area contributed by atoms with E-state index in [2.05, 4.69) is 11.9 Å². The first-order chi connectivity index (χ1) is 14.8. The zero-order valence-electron chi connectivity index (χ0n) is 16.6. The first kappa shape index (κ1) is 23.1. The van der Waals surface area contributed by atoms with Gasteiger partial charge in [-0.25, -0.2) is 4.79 Å². The summed E-state index contributed by atoms with van der Waals surface area (Å²) in [6, 6.07) is 12.6. The number of nitrogens with two attached hydrogens (primary N) is 1. The fourth-order valence-corrected chi connectivity index (χ4v) is 2.65. The smallest absolute Gasteiger partial charge is 0.408 e. The molecule has 31 heavy (non-hydrogen) atoms. The Morgan fingerprint density at radius 2 is 1.81 bits per heavy atom. The summed E-state index contributed by atoms with van der Waals surface area (Å²) in [6.45, 7) is 2.68. The lowest BCUT2D eigenvalue weighted by Gasteiger charge is -2.17. The SMILES string of the molecule is C=CCOC(=O)NC(CC(=O)O)C(=O)COc1ccc(-c2ccccc2)cc1C(N)=O. The number of hydrogen-bond donors (Lipinski definition) is 3. The molecule has 0 aliphatic rings. The molecule has 0 fully saturated rings. The number of ketones is 1. The predicted molar refractivity (Wildman–Crippen MR) is 112 cm³/mol. The molecule has 2 amide bonds. The topological polar surface area (TPSA) is 145 Å². The number of aliphatic carboxylic acids is 1. The fraction of sp³-hybridized carbons (Fsp3) is 0.182. The maximum Gasteiger partial charge on any atom is 0.408 e. The molecule has 0 saturated carbocycles. The van der Waals surface area contributed by atoms with Crippen LogP contribution in [0.15, 0.2) is 61.2 Å². The molecule has 1 atom stereocenters. The zero-order valence-corrected chi connectivity index (χ0v) is 16.6. The summed E-state index contributed by atoms with van der Waals surface area (Å²) >= 11 is 0. The number of carboxylic acids is 1. The minimum absolute atomic E-state index is 0.0577. The van der Waals surface area contributed by atoms with Crippen molar-refractivity contribution >= 4 is 23.8 Å². The van der Waals surface area contributed by atoms with Gasteiger partial charge in [-0.3, -0.25) is 14.4 Å². The second kappa shape index (κ2) is 11.1. The molecule has 0 saturated heterocycles. The number of ether oxygens (including phenoxy) is 2. The lowest BCUT2D eigenvalue weighted by Crippen LogP contribution is -2.44. The molecular formula is C22H22N2O7. The number of amides is 2. The minimum Gasteiger partial charge on any atom is -0.485 e. The van der Waals surface area contributed by atoms with Crippen molar-refractivity contribution in [1.82, 2.24) is 5.32 Å². The molecule has 0 heterocycles. The lowest BCUT2D eigenvalue weighted by atomic mass is 10.0. The largest absolute Gasteiger partial charge is 0.485 e. The van der Waals surface area contributed by atoms with E-state index in [1.807, 2.05) is 30.3 Å². The molecule has 9 nitrogen and oxygen atoms in total. The molecule has 0 aromatic heterocycles. The Balaban J connectivity index is 2.14. The van der Waals surface area contributed by atoms with Crippen molar-refractivity contribution < 1.29 is 33.8 Å². The highest BCUT2D eigenvalue weighted by atomic mass is 16.5. The Bertz CT molecular complexity index is 973. The molecular weight excluding hydrogens is 404 g/mol. The van der Waals surface area contributed by atoms with Crippen molar-refractivity contribution in [1.29, 1.82) is 0 Å². The van der Waals surface area contributed by atoms with Crippen LogP contribution >= 0.6 is 0 Å². The van der Waals surface area contributed by atoms with Gasteiger partial charge in [0.2, 0.25) is 0 Å². The van der Waals surface area contributed by atoms with E-state index in [1.165, 1.54) is 18.2 Å². The number of primary amides is 1. The monoisotopic (exact) mass is 426 g/mol. The summed E-state index contributed by atoms with van der Waals surface area (Å²) in [7, 11) is 0. The molecule has 2 rings (SSSR count). The molecule has 9 heteroatoms. The number of benzene rings is 2. The van der Waals surface area contributed by atoms with Crippen LogP contribution in [0.2, 0.25) is 0 Å². The van der Waals surface area contributed by atoms with Gasteiger partial charge in [-0.1, -0.05) is 49.1 Å². The van der Waals surface area contributed by atoms with Gasteiger partial charge in [0.05, 0.1) is 12.0 Å². The third-order valence-corrected chi connectivity index (χ3v) is 4.11. The van der Waals surface area contributed by atoms with Crippen LogP contribution in [0.1, 0.15) is 16.8 Å². The average molecular weight is 426 g/mol. The number of alkyl carbamates (subject to hydrolysis) is 1. The molecule has 4 N–H and O–H groups in total. The molecule has 0 spiro atoms. The van der Waals surface area contributed by atoms with Gasteiger partial charge < -0.3 is 25.6 Å². The summed E-state index contributed by atoms with van der Waals surface area (Å²) in [4.78, 5) is 47.0. The van der Waals surface area contributed by atoms with Crippen molar-refractivity contribution in [2.45, 2.75) is 12.5 Å². The molecule has 0 aliphatic heterocycles. The van der Waals surface area contributed by atoms with Gasteiger partial charge >= 0.3 is 12.1 Å². The number of carbonyl (C=O) groups is 4. The van der Waals surface area contributed by atoms with E-state index in [4.69, 9.17) is 20.3 Å². The third-order valence-electron chi connectivity index (χ3n) is 4.11.